The SMILES string of the molecule is CCCNCc1cnc(N2CCCC(C)C2)nc1. The van der Waals surface area contributed by atoms with Crippen LogP contribution in [-0.4, -0.2) is 29.6 Å². The Morgan fingerprint density at radius 1 is 1.39 bits per heavy atom. The molecule has 1 fully saturated rings. The summed E-state index contributed by atoms with van der Waals surface area (Å²) < 4.78 is 0. The first-order valence-corrected chi connectivity index (χ1v) is 7.06. The summed E-state index contributed by atoms with van der Waals surface area (Å²) in [6, 6.07) is 0. The van der Waals surface area contributed by atoms with Crippen LogP contribution in [0.4, 0.5) is 5.95 Å². The summed E-state index contributed by atoms with van der Waals surface area (Å²) in [4.78, 5) is 11.3. The number of piperidine rings is 1. The van der Waals surface area contributed by atoms with Crippen LogP contribution in [0.25, 0.3) is 0 Å². The summed E-state index contributed by atoms with van der Waals surface area (Å²) >= 11 is 0. The first kappa shape index (κ1) is 13.3. The second kappa shape index (κ2) is 6.69. The fraction of sp³-hybridized carbons (Fsp3) is 0.714. The standard InChI is InChI=1S/C14H24N4/c1-3-6-15-8-13-9-16-14(17-10-13)18-7-4-5-12(2)11-18/h9-10,12,15H,3-8,11H2,1-2H3. The Morgan fingerprint density at radius 2 is 2.17 bits per heavy atom. The third kappa shape index (κ3) is 3.67. The zero-order valence-electron chi connectivity index (χ0n) is 11.5. The van der Waals surface area contributed by atoms with Crippen molar-refractivity contribution in [2.75, 3.05) is 24.5 Å². The number of hydrogen-bond donors (Lipinski definition) is 1. The fourth-order valence-corrected chi connectivity index (χ4v) is 2.38. The number of hydrogen-bond acceptors (Lipinski definition) is 4. The molecule has 0 bridgehead atoms. The van der Waals surface area contributed by atoms with Crippen LogP contribution in [0, 0.1) is 5.92 Å². The van der Waals surface area contributed by atoms with Gasteiger partial charge in [-0.15, -0.1) is 0 Å². The van der Waals surface area contributed by atoms with E-state index in [0.717, 1.165) is 50.0 Å². The van der Waals surface area contributed by atoms with E-state index in [1.165, 1.54) is 12.8 Å². The minimum atomic E-state index is 0.758. The predicted octanol–water partition coefficient (Wildman–Crippen LogP) is 2.21. The van der Waals surface area contributed by atoms with Crippen LogP contribution in [0.3, 0.4) is 0 Å². The molecule has 0 spiro atoms. The highest BCUT2D eigenvalue weighted by atomic mass is 15.2. The van der Waals surface area contributed by atoms with Gasteiger partial charge >= 0.3 is 0 Å². The third-order valence-electron chi connectivity index (χ3n) is 3.39. The van der Waals surface area contributed by atoms with E-state index in [-0.39, 0.29) is 0 Å². The molecule has 0 amide bonds. The van der Waals surface area contributed by atoms with Gasteiger partial charge in [0.05, 0.1) is 0 Å². The lowest BCUT2D eigenvalue weighted by molar-refractivity contribution is 0.442. The molecule has 2 rings (SSSR count). The maximum absolute atomic E-state index is 4.49. The van der Waals surface area contributed by atoms with Crippen LogP contribution in [-0.2, 0) is 6.54 Å². The Labute approximate surface area is 110 Å². The maximum Gasteiger partial charge on any atom is 0.225 e. The van der Waals surface area contributed by atoms with Crippen LogP contribution >= 0.6 is 0 Å². The predicted molar refractivity (Wildman–Crippen MR) is 74.6 cm³/mol. The molecule has 1 aliphatic rings. The van der Waals surface area contributed by atoms with E-state index in [9.17, 15) is 0 Å². The second-order valence-corrected chi connectivity index (χ2v) is 5.26. The molecular formula is C14H24N4. The van der Waals surface area contributed by atoms with Gasteiger partial charge in [0.1, 0.15) is 0 Å². The third-order valence-corrected chi connectivity index (χ3v) is 3.39. The molecule has 1 N–H and O–H groups in total. The molecule has 4 nitrogen and oxygen atoms in total. The van der Waals surface area contributed by atoms with Crippen molar-refractivity contribution in [3.05, 3.63) is 18.0 Å². The van der Waals surface area contributed by atoms with E-state index in [0.29, 0.717) is 0 Å². The minimum absolute atomic E-state index is 0.758. The van der Waals surface area contributed by atoms with E-state index in [4.69, 9.17) is 0 Å². The maximum atomic E-state index is 4.49. The quantitative estimate of drug-likeness (QED) is 0.811. The smallest absolute Gasteiger partial charge is 0.225 e. The van der Waals surface area contributed by atoms with E-state index < -0.39 is 0 Å². The molecule has 2 heterocycles. The highest BCUT2D eigenvalue weighted by molar-refractivity contribution is 5.30. The van der Waals surface area contributed by atoms with Gasteiger partial charge in [0.2, 0.25) is 5.95 Å². The van der Waals surface area contributed by atoms with Gasteiger partial charge in [-0.2, -0.15) is 0 Å². The van der Waals surface area contributed by atoms with E-state index in [1.807, 2.05) is 12.4 Å². The normalized spacial score (nSPS) is 20.1. The van der Waals surface area contributed by atoms with Crippen molar-refractivity contribution < 1.29 is 0 Å². The lowest BCUT2D eigenvalue weighted by Gasteiger charge is -2.30. The molecule has 1 aromatic rings. The van der Waals surface area contributed by atoms with Gasteiger partial charge in [0.15, 0.2) is 0 Å². The van der Waals surface area contributed by atoms with Gasteiger partial charge in [0.25, 0.3) is 0 Å². The average molecular weight is 248 g/mol. The fourth-order valence-electron chi connectivity index (χ4n) is 2.38. The molecule has 1 unspecified atom stereocenters. The summed E-state index contributed by atoms with van der Waals surface area (Å²) in [5, 5.41) is 3.36. The van der Waals surface area contributed by atoms with Crippen LogP contribution < -0.4 is 10.2 Å². The molecule has 1 saturated heterocycles. The number of nitrogens with zero attached hydrogens (tertiary/aromatic N) is 3. The number of anilines is 1. The first-order valence-electron chi connectivity index (χ1n) is 7.06. The highest BCUT2D eigenvalue weighted by Gasteiger charge is 2.18. The summed E-state index contributed by atoms with van der Waals surface area (Å²) in [7, 11) is 0. The number of aromatic nitrogens is 2. The van der Waals surface area contributed by atoms with Crippen molar-refractivity contribution in [3.63, 3.8) is 0 Å². The van der Waals surface area contributed by atoms with Crippen LogP contribution in [0.15, 0.2) is 12.4 Å². The molecular weight excluding hydrogens is 224 g/mol. The van der Waals surface area contributed by atoms with E-state index in [2.05, 4.69) is 34.0 Å². The van der Waals surface area contributed by atoms with Crippen LogP contribution in [0.1, 0.15) is 38.7 Å². The van der Waals surface area contributed by atoms with Gasteiger partial charge in [-0.1, -0.05) is 13.8 Å². The van der Waals surface area contributed by atoms with Gasteiger partial charge in [-0.25, -0.2) is 9.97 Å². The molecule has 18 heavy (non-hydrogen) atoms. The highest BCUT2D eigenvalue weighted by Crippen LogP contribution is 2.19. The summed E-state index contributed by atoms with van der Waals surface area (Å²) in [5.74, 6) is 1.65. The Bertz CT molecular complexity index is 349. The topological polar surface area (TPSA) is 41.1 Å². The number of nitrogens with one attached hydrogen (secondary N) is 1. The summed E-state index contributed by atoms with van der Waals surface area (Å²) in [5.41, 5.74) is 1.16. The zero-order chi connectivity index (χ0) is 12.8. The van der Waals surface area contributed by atoms with Crippen molar-refractivity contribution in [2.45, 2.75) is 39.7 Å². The zero-order valence-corrected chi connectivity index (χ0v) is 11.5. The number of rotatable bonds is 5. The molecule has 0 aromatic carbocycles. The van der Waals surface area contributed by atoms with Crippen molar-refractivity contribution in [1.82, 2.24) is 15.3 Å². The van der Waals surface area contributed by atoms with Crippen molar-refractivity contribution in [1.29, 1.82) is 0 Å². The Morgan fingerprint density at radius 3 is 2.83 bits per heavy atom. The molecule has 0 radical (unpaired) electrons. The van der Waals surface area contributed by atoms with Gasteiger partial charge in [0, 0.05) is 37.6 Å². The van der Waals surface area contributed by atoms with Gasteiger partial charge in [-0.05, 0) is 31.7 Å². The lowest BCUT2D eigenvalue weighted by atomic mass is 10.0. The first-order chi connectivity index (χ1) is 8.79. The van der Waals surface area contributed by atoms with Crippen molar-refractivity contribution in [2.24, 2.45) is 5.92 Å². The van der Waals surface area contributed by atoms with E-state index in [1.54, 1.807) is 0 Å². The molecule has 100 valence electrons. The largest absolute Gasteiger partial charge is 0.341 e. The Kier molecular flexibility index (Phi) is 4.93. The van der Waals surface area contributed by atoms with Gasteiger partial charge < -0.3 is 10.2 Å². The molecule has 1 atom stereocenters. The molecule has 0 aliphatic carbocycles. The summed E-state index contributed by atoms with van der Waals surface area (Å²) in [6.07, 6.45) is 7.64. The average Bonchev–Trinajstić information content (AvgIpc) is 2.40. The van der Waals surface area contributed by atoms with Crippen molar-refractivity contribution >= 4 is 5.95 Å². The van der Waals surface area contributed by atoms with E-state index >= 15 is 0 Å². The minimum Gasteiger partial charge on any atom is -0.341 e. The molecule has 4 heteroatoms. The lowest BCUT2D eigenvalue weighted by Crippen LogP contribution is -2.35. The Hall–Kier alpha value is -1.16. The van der Waals surface area contributed by atoms with Gasteiger partial charge in [-0.3, -0.25) is 0 Å². The molecule has 1 aromatic heterocycles. The van der Waals surface area contributed by atoms with Crippen molar-refractivity contribution in [3.8, 4) is 0 Å². The summed E-state index contributed by atoms with van der Waals surface area (Å²) in [6.45, 7) is 8.57. The van der Waals surface area contributed by atoms with Crippen LogP contribution in [0.5, 0.6) is 0 Å². The monoisotopic (exact) mass is 248 g/mol. The molecule has 0 saturated carbocycles. The Balaban J connectivity index is 1.90. The molecule has 1 aliphatic heterocycles. The second-order valence-electron chi connectivity index (χ2n) is 5.26. The van der Waals surface area contributed by atoms with Crippen LogP contribution in [0.2, 0.25) is 0 Å².